The Kier molecular flexibility index (Phi) is 3.40. The van der Waals surface area contributed by atoms with Gasteiger partial charge in [0.15, 0.2) is 0 Å². The number of hydrogen-bond donors (Lipinski definition) is 1. The van der Waals surface area contributed by atoms with E-state index >= 15 is 0 Å². The van der Waals surface area contributed by atoms with Gasteiger partial charge in [-0.15, -0.1) is 0 Å². The molecule has 0 aromatic heterocycles. The van der Waals surface area contributed by atoms with E-state index in [2.05, 4.69) is 53.8 Å². The smallest absolute Gasteiger partial charge is 0.100 e. The van der Waals surface area contributed by atoms with Crippen LogP contribution in [0.4, 0.5) is 0 Å². The van der Waals surface area contributed by atoms with E-state index in [0.29, 0.717) is 6.04 Å². The summed E-state index contributed by atoms with van der Waals surface area (Å²) < 4.78 is 5.66. The second kappa shape index (κ2) is 5.34. The van der Waals surface area contributed by atoms with Crippen molar-refractivity contribution < 1.29 is 4.74 Å². The van der Waals surface area contributed by atoms with Crippen molar-refractivity contribution in [2.45, 2.75) is 18.7 Å². The molecule has 0 amide bonds. The van der Waals surface area contributed by atoms with Crippen LogP contribution in [0.15, 0.2) is 60.7 Å². The average molecular weight is 239 g/mol. The summed E-state index contributed by atoms with van der Waals surface area (Å²) >= 11 is 0. The van der Waals surface area contributed by atoms with Crippen molar-refractivity contribution in [3.05, 3.63) is 71.8 Å². The van der Waals surface area contributed by atoms with Crippen LogP contribution in [-0.2, 0) is 11.3 Å². The summed E-state index contributed by atoms with van der Waals surface area (Å²) in [6.45, 7) is 1.70. The fourth-order valence-electron chi connectivity index (χ4n) is 2.27. The molecule has 1 fully saturated rings. The quantitative estimate of drug-likeness (QED) is 0.885. The molecule has 3 rings (SSSR count). The van der Waals surface area contributed by atoms with E-state index < -0.39 is 0 Å². The molecular formula is C16H17NO. The first-order chi connectivity index (χ1) is 8.93. The lowest BCUT2D eigenvalue weighted by Crippen LogP contribution is -2.48. The van der Waals surface area contributed by atoms with Crippen LogP contribution >= 0.6 is 0 Å². The molecule has 2 aromatic carbocycles. The van der Waals surface area contributed by atoms with E-state index in [-0.39, 0.29) is 6.10 Å². The van der Waals surface area contributed by atoms with Gasteiger partial charge in [-0.25, -0.2) is 0 Å². The lowest BCUT2D eigenvalue weighted by Gasteiger charge is -2.37. The summed E-state index contributed by atoms with van der Waals surface area (Å²) in [5, 5.41) is 3.56. The van der Waals surface area contributed by atoms with Crippen LogP contribution in [0, 0.1) is 0 Å². The molecule has 0 saturated carbocycles. The Morgan fingerprint density at radius 3 is 2.22 bits per heavy atom. The lowest BCUT2D eigenvalue weighted by atomic mass is 9.98. The third-order valence-electron chi connectivity index (χ3n) is 3.36. The van der Waals surface area contributed by atoms with Gasteiger partial charge in [-0.2, -0.15) is 0 Å². The van der Waals surface area contributed by atoms with Crippen molar-refractivity contribution in [3.8, 4) is 0 Å². The molecule has 18 heavy (non-hydrogen) atoms. The Morgan fingerprint density at radius 1 is 0.944 bits per heavy atom. The first kappa shape index (κ1) is 11.5. The van der Waals surface area contributed by atoms with Crippen molar-refractivity contribution >= 4 is 0 Å². The third-order valence-corrected chi connectivity index (χ3v) is 3.36. The minimum atomic E-state index is 0.204. The van der Waals surface area contributed by atoms with Crippen LogP contribution in [0.3, 0.4) is 0 Å². The largest absolute Gasteiger partial charge is 0.370 e. The number of rotatable bonds is 4. The van der Waals surface area contributed by atoms with E-state index in [0.717, 1.165) is 13.2 Å². The van der Waals surface area contributed by atoms with Crippen LogP contribution in [0.1, 0.15) is 17.2 Å². The van der Waals surface area contributed by atoms with Gasteiger partial charge in [0.2, 0.25) is 0 Å². The zero-order chi connectivity index (χ0) is 12.2. The van der Waals surface area contributed by atoms with E-state index in [1.165, 1.54) is 11.1 Å². The minimum absolute atomic E-state index is 0.204. The highest BCUT2D eigenvalue weighted by atomic mass is 16.5. The Hall–Kier alpha value is -1.64. The van der Waals surface area contributed by atoms with Gasteiger partial charge in [0.05, 0.1) is 12.6 Å². The summed E-state index contributed by atoms with van der Waals surface area (Å²) in [5.41, 5.74) is 2.57. The summed E-state index contributed by atoms with van der Waals surface area (Å²) in [4.78, 5) is 0. The number of hydrogen-bond acceptors (Lipinski definition) is 2. The molecular weight excluding hydrogens is 222 g/mol. The first-order valence-electron chi connectivity index (χ1n) is 6.37. The van der Waals surface area contributed by atoms with E-state index in [1.807, 2.05) is 12.1 Å². The zero-order valence-electron chi connectivity index (χ0n) is 10.3. The van der Waals surface area contributed by atoms with Gasteiger partial charge in [-0.05, 0) is 11.1 Å². The second-order valence-electron chi connectivity index (χ2n) is 4.64. The Bertz CT molecular complexity index is 483. The molecule has 0 aliphatic carbocycles. The van der Waals surface area contributed by atoms with E-state index in [9.17, 15) is 0 Å². The maximum atomic E-state index is 5.66. The van der Waals surface area contributed by atoms with Crippen LogP contribution < -0.4 is 5.32 Å². The molecule has 2 unspecified atom stereocenters. The Morgan fingerprint density at radius 2 is 1.61 bits per heavy atom. The molecule has 92 valence electrons. The van der Waals surface area contributed by atoms with Crippen LogP contribution in [-0.4, -0.2) is 12.6 Å². The van der Waals surface area contributed by atoms with Gasteiger partial charge >= 0.3 is 0 Å². The molecule has 1 aliphatic rings. The Balaban J connectivity index is 1.58. The molecule has 1 N–H and O–H groups in total. The third kappa shape index (κ3) is 2.45. The highest BCUT2D eigenvalue weighted by Crippen LogP contribution is 2.29. The van der Waals surface area contributed by atoms with Crippen molar-refractivity contribution in [1.29, 1.82) is 0 Å². The van der Waals surface area contributed by atoms with Crippen LogP contribution in [0.2, 0.25) is 0 Å². The van der Waals surface area contributed by atoms with Gasteiger partial charge in [0.25, 0.3) is 0 Å². The normalized spacial score (nSPS) is 22.4. The van der Waals surface area contributed by atoms with Crippen molar-refractivity contribution in [2.24, 2.45) is 0 Å². The summed E-state index contributed by atoms with van der Waals surface area (Å²) in [6, 6.07) is 21.3. The van der Waals surface area contributed by atoms with Gasteiger partial charge in [-0.3, -0.25) is 0 Å². The summed E-state index contributed by atoms with van der Waals surface area (Å²) in [6.07, 6.45) is 0.204. The number of ether oxygens (including phenoxy) is 1. The number of nitrogens with one attached hydrogen (secondary N) is 1. The topological polar surface area (TPSA) is 21.3 Å². The second-order valence-corrected chi connectivity index (χ2v) is 4.64. The highest BCUT2D eigenvalue weighted by molar-refractivity contribution is 5.21. The molecule has 2 nitrogen and oxygen atoms in total. The van der Waals surface area contributed by atoms with Crippen LogP contribution in [0.25, 0.3) is 0 Å². The van der Waals surface area contributed by atoms with Gasteiger partial charge in [0, 0.05) is 6.54 Å². The molecule has 1 saturated heterocycles. The minimum Gasteiger partial charge on any atom is -0.370 e. The fraction of sp³-hybridized carbons (Fsp3) is 0.250. The maximum absolute atomic E-state index is 5.66. The summed E-state index contributed by atoms with van der Waals surface area (Å²) in [5.74, 6) is 0. The fourth-order valence-corrected chi connectivity index (χ4v) is 2.27. The van der Waals surface area contributed by atoms with Gasteiger partial charge in [-0.1, -0.05) is 60.7 Å². The monoisotopic (exact) mass is 239 g/mol. The van der Waals surface area contributed by atoms with E-state index in [1.54, 1.807) is 0 Å². The maximum Gasteiger partial charge on any atom is 0.100 e. The molecule has 2 atom stereocenters. The molecule has 1 aliphatic heterocycles. The molecule has 2 heteroatoms. The molecule has 1 heterocycles. The van der Waals surface area contributed by atoms with Crippen molar-refractivity contribution in [2.75, 3.05) is 6.61 Å². The average Bonchev–Trinajstić information content (AvgIpc) is 2.40. The standard InChI is InChI=1S/C16H17NO/c1-3-7-13(8-4-1)11-17-15-12-18-16(15)14-9-5-2-6-10-14/h1-10,15-17H,11-12H2. The first-order valence-corrected chi connectivity index (χ1v) is 6.37. The van der Waals surface area contributed by atoms with Gasteiger partial charge in [0.1, 0.15) is 6.10 Å². The van der Waals surface area contributed by atoms with Gasteiger partial charge < -0.3 is 10.1 Å². The molecule has 0 bridgehead atoms. The van der Waals surface area contributed by atoms with Crippen LogP contribution in [0.5, 0.6) is 0 Å². The van der Waals surface area contributed by atoms with E-state index in [4.69, 9.17) is 4.74 Å². The Labute approximate surface area is 108 Å². The lowest BCUT2D eigenvalue weighted by molar-refractivity contribution is -0.0904. The molecule has 0 radical (unpaired) electrons. The summed E-state index contributed by atoms with van der Waals surface area (Å²) in [7, 11) is 0. The predicted molar refractivity (Wildman–Crippen MR) is 72.2 cm³/mol. The number of benzene rings is 2. The zero-order valence-corrected chi connectivity index (χ0v) is 10.3. The van der Waals surface area contributed by atoms with Crippen molar-refractivity contribution in [1.82, 2.24) is 5.32 Å². The SMILES string of the molecule is c1ccc(CNC2COC2c2ccccc2)cc1. The van der Waals surface area contributed by atoms with Crippen molar-refractivity contribution in [3.63, 3.8) is 0 Å². The highest BCUT2D eigenvalue weighted by Gasteiger charge is 2.32. The molecule has 2 aromatic rings. The molecule has 0 spiro atoms. The predicted octanol–water partition coefficient (Wildman–Crippen LogP) is 2.92.